The number of imidazole rings is 1. The molecule has 24 heavy (non-hydrogen) atoms. The molecule has 0 unspecified atom stereocenters. The van der Waals surface area contributed by atoms with Crippen molar-refractivity contribution in [3.8, 4) is 0 Å². The van der Waals surface area contributed by atoms with E-state index in [2.05, 4.69) is 17.6 Å². The minimum Gasteiger partial charge on any atom is -0.319 e. The molecule has 128 valence electrons. The largest absolute Gasteiger partial charge is 0.319 e. The SMILES string of the molecule is CCCCCn1c(SCCN2C(=O)CCC2=O)nc2ccccc21. The highest BCUT2D eigenvalue weighted by molar-refractivity contribution is 7.99. The highest BCUT2D eigenvalue weighted by atomic mass is 32.2. The van der Waals surface area contributed by atoms with Crippen molar-refractivity contribution in [3.63, 3.8) is 0 Å². The summed E-state index contributed by atoms with van der Waals surface area (Å²) in [6.07, 6.45) is 4.24. The molecule has 0 radical (unpaired) electrons. The lowest BCUT2D eigenvalue weighted by Gasteiger charge is -2.13. The van der Waals surface area contributed by atoms with Crippen molar-refractivity contribution in [3.05, 3.63) is 24.3 Å². The Hall–Kier alpha value is -1.82. The molecule has 6 heteroatoms. The topological polar surface area (TPSA) is 55.2 Å². The summed E-state index contributed by atoms with van der Waals surface area (Å²) >= 11 is 1.63. The van der Waals surface area contributed by atoms with Gasteiger partial charge in [-0.2, -0.15) is 0 Å². The maximum Gasteiger partial charge on any atom is 0.229 e. The summed E-state index contributed by atoms with van der Waals surface area (Å²) in [6, 6.07) is 8.17. The Balaban J connectivity index is 1.69. The maximum atomic E-state index is 11.7. The molecule has 0 aliphatic carbocycles. The number of fused-ring (bicyclic) bond motifs is 1. The Morgan fingerprint density at radius 3 is 2.58 bits per heavy atom. The number of carbonyl (C=O) groups is 2. The second kappa shape index (κ2) is 7.83. The summed E-state index contributed by atoms with van der Waals surface area (Å²) in [7, 11) is 0. The summed E-state index contributed by atoms with van der Waals surface area (Å²) in [5.74, 6) is 0.600. The molecule has 1 aromatic carbocycles. The number of aryl methyl sites for hydroxylation is 1. The molecule has 0 atom stereocenters. The van der Waals surface area contributed by atoms with Crippen molar-refractivity contribution in [1.82, 2.24) is 14.5 Å². The van der Waals surface area contributed by atoms with Crippen molar-refractivity contribution >= 4 is 34.6 Å². The van der Waals surface area contributed by atoms with E-state index >= 15 is 0 Å². The summed E-state index contributed by atoms with van der Waals surface area (Å²) in [5, 5.41) is 0.978. The van der Waals surface area contributed by atoms with Crippen LogP contribution in [-0.4, -0.2) is 38.6 Å². The Bertz CT molecular complexity index is 725. The zero-order chi connectivity index (χ0) is 16.9. The van der Waals surface area contributed by atoms with Gasteiger partial charge in [0, 0.05) is 31.7 Å². The van der Waals surface area contributed by atoms with Gasteiger partial charge >= 0.3 is 0 Å². The number of carbonyl (C=O) groups excluding carboxylic acids is 2. The van der Waals surface area contributed by atoms with E-state index in [9.17, 15) is 9.59 Å². The van der Waals surface area contributed by atoms with Gasteiger partial charge < -0.3 is 4.57 Å². The van der Waals surface area contributed by atoms with Gasteiger partial charge in [-0.15, -0.1) is 0 Å². The number of amides is 2. The molecule has 1 aromatic heterocycles. The number of hydrogen-bond donors (Lipinski definition) is 0. The van der Waals surface area contributed by atoms with Gasteiger partial charge in [-0.1, -0.05) is 43.7 Å². The normalized spacial score (nSPS) is 15.0. The third kappa shape index (κ3) is 3.64. The van der Waals surface area contributed by atoms with Crippen LogP contribution in [0.4, 0.5) is 0 Å². The molecule has 2 amide bonds. The average Bonchev–Trinajstić information content (AvgIpc) is 3.10. The van der Waals surface area contributed by atoms with Crippen LogP contribution in [0.1, 0.15) is 39.0 Å². The van der Waals surface area contributed by atoms with E-state index in [-0.39, 0.29) is 11.8 Å². The zero-order valence-corrected chi connectivity index (χ0v) is 14.8. The number of aromatic nitrogens is 2. The molecule has 1 saturated heterocycles. The van der Waals surface area contributed by atoms with Gasteiger partial charge in [-0.3, -0.25) is 14.5 Å². The predicted octanol–water partition coefficient (Wildman–Crippen LogP) is 3.47. The summed E-state index contributed by atoms with van der Waals surface area (Å²) < 4.78 is 2.27. The number of imide groups is 1. The lowest BCUT2D eigenvalue weighted by molar-refractivity contribution is -0.137. The van der Waals surface area contributed by atoms with Gasteiger partial charge in [-0.05, 0) is 18.6 Å². The summed E-state index contributed by atoms with van der Waals surface area (Å²) in [4.78, 5) is 29.5. The highest BCUT2D eigenvalue weighted by Crippen LogP contribution is 2.25. The fourth-order valence-electron chi connectivity index (χ4n) is 3.00. The number of rotatable bonds is 8. The molecule has 1 aliphatic rings. The van der Waals surface area contributed by atoms with Gasteiger partial charge in [0.25, 0.3) is 0 Å². The molecule has 3 rings (SSSR count). The van der Waals surface area contributed by atoms with Crippen LogP contribution in [-0.2, 0) is 16.1 Å². The monoisotopic (exact) mass is 345 g/mol. The number of benzene rings is 1. The molecule has 0 spiro atoms. The quantitative estimate of drug-likeness (QED) is 0.418. The summed E-state index contributed by atoms with van der Waals surface area (Å²) in [6.45, 7) is 3.63. The van der Waals surface area contributed by atoms with Crippen molar-refractivity contribution in [2.45, 2.75) is 50.7 Å². The number of unbranched alkanes of at least 4 members (excludes halogenated alkanes) is 2. The fraction of sp³-hybridized carbons (Fsp3) is 0.500. The van der Waals surface area contributed by atoms with E-state index in [1.165, 1.54) is 17.7 Å². The van der Waals surface area contributed by atoms with E-state index < -0.39 is 0 Å². The van der Waals surface area contributed by atoms with Crippen molar-refractivity contribution < 1.29 is 9.59 Å². The zero-order valence-electron chi connectivity index (χ0n) is 14.0. The van der Waals surface area contributed by atoms with Crippen molar-refractivity contribution in [1.29, 1.82) is 0 Å². The van der Waals surface area contributed by atoms with E-state index in [1.54, 1.807) is 11.8 Å². The molecule has 0 N–H and O–H groups in total. The number of thioether (sulfide) groups is 1. The van der Waals surface area contributed by atoms with Crippen molar-refractivity contribution in [2.24, 2.45) is 0 Å². The van der Waals surface area contributed by atoms with Gasteiger partial charge in [0.1, 0.15) is 0 Å². The van der Waals surface area contributed by atoms with E-state index in [4.69, 9.17) is 4.98 Å². The van der Waals surface area contributed by atoms with Crippen LogP contribution < -0.4 is 0 Å². The third-order valence-electron chi connectivity index (χ3n) is 4.31. The van der Waals surface area contributed by atoms with Crippen LogP contribution in [0.3, 0.4) is 0 Å². The van der Waals surface area contributed by atoms with E-state index in [0.29, 0.717) is 25.1 Å². The molecule has 5 nitrogen and oxygen atoms in total. The number of likely N-dealkylation sites (tertiary alicyclic amines) is 1. The lowest BCUT2D eigenvalue weighted by atomic mass is 10.2. The standard InChI is InChI=1S/C18H23N3O2S/c1-2-3-6-11-20-15-8-5-4-7-14(15)19-18(20)24-13-12-21-16(22)9-10-17(21)23/h4-5,7-8H,2-3,6,9-13H2,1H3. The highest BCUT2D eigenvalue weighted by Gasteiger charge is 2.28. The molecule has 1 aliphatic heterocycles. The van der Waals surface area contributed by atoms with E-state index in [1.807, 2.05) is 18.2 Å². The van der Waals surface area contributed by atoms with Crippen LogP contribution in [0.25, 0.3) is 11.0 Å². The molecule has 0 saturated carbocycles. The Morgan fingerprint density at radius 1 is 1.08 bits per heavy atom. The maximum absolute atomic E-state index is 11.7. The second-order valence-corrected chi connectivity index (χ2v) is 7.09. The molecule has 2 heterocycles. The first-order chi connectivity index (χ1) is 11.7. The van der Waals surface area contributed by atoms with Crippen LogP contribution in [0.15, 0.2) is 29.4 Å². The van der Waals surface area contributed by atoms with Crippen LogP contribution in [0, 0.1) is 0 Å². The molecule has 0 bridgehead atoms. The van der Waals surface area contributed by atoms with Gasteiger partial charge in [0.05, 0.1) is 11.0 Å². The number of para-hydroxylation sites is 2. The Labute approximate surface area is 146 Å². The Kier molecular flexibility index (Phi) is 5.56. The minimum absolute atomic E-state index is 0.0444. The lowest BCUT2D eigenvalue weighted by Crippen LogP contribution is -2.31. The average molecular weight is 345 g/mol. The number of hydrogen-bond acceptors (Lipinski definition) is 4. The molecular weight excluding hydrogens is 322 g/mol. The van der Waals surface area contributed by atoms with Gasteiger partial charge in [0.15, 0.2) is 5.16 Å². The summed E-state index contributed by atoms with van der Waals surface area (Å²) in [5.41, 5.74) is 2.16. The van der Waals surface area contributed by atoms with Crippen LogP contribution in [0.2, 0.25) is 0 Å². The van der Waals surface area contributed by atoms with Crippen molar-refractivity contribution in [2.75, 3.05) is 12.3 Å². The Morgan fingerprint density at radius 2 is 1.83 bits per heavy atom. The number of nitrogens with zero attached hydrogens (tertiary/aromatic N) is 3. The minimum atomic E-state index is -0.0444. The first kappa shape index (κ1) is 17.0. The van der Waals surface area contributed by atoms with Gasteiger partial charge in [-0.25, -0.2) is 4.98 Å². The molecule has 2 aromatic rings. The fourth-order valence-corrected chi connectivity index (χ4v) is 3.96. The van der Waals surface area contributed by atoms with Crippen LogP contribution >= 0.6 is 11.8 Å². The van der Waals surface area contributed by atoms with Crippen LogP contribution in [0.5, 0.6) is 0 Å². The smallest absolute Gasteiger partial charge is 0.229 e. The van der Waals surface area contributed by atoms with Gasteiger partial charge in [0.2, 0.25) is 11.8 Å². The predicted molar refractivity (Wildman–Crippen MR) is 95.9 cm³/mol. The molecular formula is C18H23N3O2S. The molecule has 1 fully saturated rings. The first-order valence-electron chi connectivity index (χ1n) is 8.62. The van der Waals surface area contributed by atoms with E-state index in [0.717, 1.165) is 29.2 Å². The second-order valence-electron chi connectivity index (χ2n) is 6.03. The first-order valence-corrected chi connectivity index (χ1v) is 9.60. The third-order valence-corrected chi connectivity index (χ3v) is 5.26.